The summed E-state index contributed by atoms with van der Waals surface area (Å²) in [4.78, 5) is 42.3. The summed E-state index contributed by atoms with van der Waals surface area (Å²) in [5.41, 5.74) is 0.960. The third kappa shape index (κ3) is 7.60. The molecule has 2 atom stereocenters. The Morgan fingerprint density at radius 3 is 2.25 bits per heavy atom. The van der Waals surface area contributed by atoms with Crippen LogP contribution in [0, 0.1) is 0 Å². The van der Waals surface area contributed by atoms with E-state index in [1.165, 1.54) is 11.3 Å². The number of hydrogen-bond acceptors (Lipinski definition) is 9. The lowest BCUT2D eigenvalue weighted by molar-refractivity contribution is -0.146. The number of carbonyl (C=O) groups is 3. The van der Waals surface area contributed by atoms with Crippen LogP contribution < -0.4 is 15.4 Å². The molecule has 2 unspecified atom stereocenters. The zero-order valence-electron chi connectivity index (χ0n) is 21.7. The number of amides is 2. The first-order valence-electron chi connectivity index (χ1n) is 11.4. The maximum Gasteiger partial charge on any atom is 0.330 e. The minimum absolute atomic E-state index is 0.108. The number of nitrogens with one attached hydrogen (secondary N) is 2. The molecule has 2 aromatic rings. The normalized spacial score (nSPS) is 13.4. The van der Waals surface area contributed by atoms with E-state index >= 15 is 0 Å². The van der Waals surface area contributed by atoms with Gasteiger partial charge in [0.05, 0.1) is 27.4 Å². The van der Waals surface area contributed by atoms with Crippen LogP contribution in [-0.4, -0.2) is 75.7 Å². The smallest absolute Gasteiger partial charge is 0.330 e. The van der Waals surface area contributed by atoms with Crippen molar-refractivity contribution < 1.29 is 33.4 Å². The number of methoxy groups -OCH3 is 2. The molecule has 36 heavy (non-hydrogen) atoms. The predicted octanol–water partition coefficient (Wildman–Crippen LogP) is 2.59. The van der Waals surface area contributed by atoms with Crippen LogP contribution in [0.5, 0.6) is 5.75 Å². The number of aliphatic hydroxyl groups is 1. The van der Waals surface area contributed by atoms with Crippen molar-refractivity contribution >= 4 is 37.4 Å². The molecule has 10 nitrogen and oxygen atoms in total. The molecule has 2 amide bonds. The summed E-state index contributed by atoms with van der Waals surface area (Å²) in [5.74, 6) is -1.34. The number of hydrogen-bond donors (Lipinski definition) is 3. The third-order valence-electron chi connectivity index (χ3n) is 6.10. The first-order valence-corrected chi connectivity index (χ1v) is 15.2. The van der Waals surface area contributed by atoms with Crippen molar-refractivity contribution in [2.75, 3.05) is 27.4 Å². The molecule has 0 radical (unpaired) electrons. The number of aromatic nitrogens is 1. The second-order valence-electron chi connectivity index (χ2n) is 9.63. The van der Waals surface area contributed by atoms with Crippen LogP contribution in [-0.2, 0) is 18.8 Å². The zero-order valence-corrected chi connectivity index (χ0v) is 23.5. The Morgan fingerprint density at radius 1 is 1.08 bits per heavy atom. The number of rotatable bonds is 11. The highest BCUT2D eigenvalue weighted by molar-refractivity contribution is 7.13. The molecule has 0 saturated carbocycles. The Labute approximate surface area is 216 Å². The van der Waals surface area contributed by atoms with Crippen LogP contribution in [0.4, 0.5) is 0 Å². The van der Waals surface area contributed by atoms with Gasteiger partial charge >= 0.3 is 5.97 Å². The summed E-state index contributed by atoms with van der Waals surface area (Å²) in [6.07, 6.45) is 0. The van der Waals surface area contributed by atoms with Gasteiger partial charge in [-0.3, -0.25) is 9.59 Å². The summed E-state index contributed by atoms with van der Waals surface area (Å²) in [6.45, 7) is 9.46. The SMILES string of the molecule is COC(=O)C(CO)NC(=O)C(CO[Si](C)(C)C(C)(C)C)NC(=O)c1csc(-c2ccc(OC)cc2)n1. The molecule has 0 saturated heterocycles. The van der Waals surface area contributed by atoms with E-state index in [0.717, 1.165) is 12.7 Å². The molecule has 0 spiro atoms. The number of aliphatic hydroxyl groups excluding tert-OH is 1. The van der Waals surface area contributed by atoms with Crippen molar-refractivity contribution in [2.45, 2.75) is 51.0 Å². The van der Waals surface area contributed by atoms with E-state index in [1.807, 2.05) is 25.2 Å². The van der Waals surface area contributed by atoms with E-state index in [1.54, 1.807) is 24.6 Å². The van der Waals surface area contributed by atoms with E-state index in [0.29, 0.717) is 10.8 Å². The van der Waals surface area contributed by atoms with E-state index in [2.05, 4.69) is 41.1 Å². The lowest BCUT2D eigenvalue weighted by atomic mass is 10.2. The standard InChI is InChI=1S/C24H35N3O7SSi/c1-24(2,3)36(6,7)34-13-18(20(29)25-17(12-28)23(31)33-5)26-21(30)19-14-35-22(27-19)15-8-10-16(32-4)11-9-15/h8-11,14,17-18,28H,12-13H2,1-7H3,(H,25,29)(H,26,30). The van der Waals surface area contributed by atoms with Gasteiger partial charge in [0.2, 0.25) is 5.91 Å². The third-order valence-corrected chi connectivity index (χ3v) is 11.5. The number of ether oxygens (including phenoxy) is 2. The van der Waals surface area contributed by atoms with Crippen molar-refractivity contribution in [3.63, 3.8) is 0 Å². The molecule has 1 aromatic heterocycles. The lowest BCUT2D eigenvalue weighted by Gasteiger charge is -2.37. The zero-order chi connectivity index (χ0) is 27.1. The predicted molar refractivity (Wildman–Crippen MR) is 140 cm³/mol. The van der Waals surface area contributed by atoms with Crippen molar-refractivity contribution in [3.05, 3.63) is 35.3 Å². The Kier molecular flexibility index (Phi) is 10.2. The Morgan fingerprint density at radius 2 is 1.72 bits per heavy atom. The highest BCUT2D eigenvalue weighted by Gasteiger charge is 2.39. The number of benzene rings is 1. The molecule has 198 valence electrons. The lowest BCUT2D eigenvalue weighted by Crippen LogP contribution is -2.56. The molecular formula is C24H35N3O7SSi. The molecular weight excluding hydrogens is 502 g/mol. The van der Waals surface area contributed by atoms with Crippen LogP contribution in [0.2, 0.25) is 18.1 Å². The number of thiazole rings is 1. The van der Waals surface area contributed by atoms with E-state index in [4.69, 9.17) is 9.16 Å². The van der Waals surface area contributed by atoms with Gasteiger partial charge in [-0.25, -0.2) is 9.78 Å². The second kappa shape index (κ2) is 12.4. The van der Waals surface area contributed by atoms with Gasteiger partial charge in [0, 0.05) is 10.9 Å². The van der Waals surface area contributed by atoms with Crippen molar-refractivity contribution in [1.82, 2.24) is 15.6 Å². The van der Waals surface area contributed by atoms with Crippen LogP contribution in [0.25, 0.3) is 10.6 Å². The fourth-order valence-corrected chi connectivity index (χ4v) is 4.58. The number of carbonyl (C=O) groups excluding carboxylic acids is 3. The average Bonchev–Trinajstić information content (AvgIpc) is 3.34. The first kappa shape index (κ1) is 29.4. The second-order valence-corrected chi connectivity index (χ2v) is 15.3. The molecule has 0 aliphatic heterocycles. The van der Waals surface area contributed by atoms with E-state index < -0.39 is 44.8 Å². The van der Waals surface area contributed by atoms with E-state index in [9.17, 15) is 19.5 Å². The monoisotopic (exact) mass is 537 g/mol. The molecule has 3 N–H and O–H groups in total. The Balaban J connectivity index is 2.22. The van der Waals surface area contributed by atoms with Gasteiger partial charge in [0.25, 0.3) is 5.91 Å². The van der Waals surface area contributed by atoms with Crippen molar-refractivity contribution in [2.24, 2.45) is 0 Å². The maximum absolute atomic E-state index is 13.0. The number of esters is 1. The van der Waals surface area contributed by atoms with Crippen molar-refractivity contribution in [1.29, 1.82) is 0 Å². The summed E-state index contributed by atoms with van der Waals surface area (Å²) in [7, 11) is 0.467. The van der Waals surface area contributed by atoms with Gasteiger partial charge in [0.15, 0.2) is 14.4 Å². The van der Waals surface area contributed by atoms with Gasteiger partial charge in [-0.05, 0) is 42.4 Å². The molecule has 0 fully saturated rings. The van der Waals surface area contributed by atoms with Gasteiger partial charge < -0.3 is 29.6 Å². The largest absolute Gasteiger partial charge is 0.497 e. The van der Waals surface area contributed by atoms with Crippen LogP contribution >= 0.6 is 11.3 Å². The van der Waals surface area contributed by atoms with Crippen LogP contribution in [0.3, 0.4) is 0 Å². The molecule has 0 bridgehead atoms. The van der Waals surface area contributed by atoms with Gasteiger partial charge in [-0.15, -0.1) is 11.3 Å². The van der Waals surface area contributed by atoms with Gasteiger partial charge in [-0.1, -0.05) is 20.8 Å². The molecule has 1 aromatic carbocycles. The highest BCUT2D eigenvalue weighted by Crippen LogP contribution is 2.36. The van der Waals surface area contributed by atoms with Crippen LogP contribution in [0.1, 0.15) is 31.3 Å². The summed E-state index contributed by atoms with van der Waals surface area (Å²) < 4.78 is 15.9. The highest BCUT2D eigenvalue weighted by atomic mass is 32.1. The topological polar surface area (TPSA) is 136 Å². The van der Waals surface area contributed by atoms with E-state index in [-0.39, 0.29) is 17.3 Å². The Hall–Kier alpha value is -2.80. The van der Waals surface area contributed by atoms with Crippen LogP contribution in [0.15, 0.2) is 29.6 Å². The minimum Gasteiger partial charge on any atom is -0.497 e. The van der Waals surface area contributed by atoms with Gasteiger partial charge in [0.1, 0.15) is 22.5 Å². The minimum atomic E-state index is -2.26. The molecule has 0 aliphatic rings. The molecule has 1 heterocycles. The van der Waals surface area contributed by atoms with Crippen molar-refractivity contribution in [3.8, 4) is 16.3 Å². The molecule has 0 aliphatic carbocycles. The Bertz CT molecular complexity index is 1050. The fraction of sp³-hybridized carbons (Fsp3) is 0.500. The first-order chi connectivity index (χ1) is 16.8. The molecule has 2 rings (SSSR count). The molecule has 12 heteroatoms. The summed E-state index contributed by atoms with van der Waals surface area (Å²) in [5, 5.41) is 16.7. The number of nitrogens with zero attached hydrogens (tertiary/aromatic N) is 1. The van der Waals surface area contributed by atoms with Gasteiger partial charge in [-0.2, -0.15) is 0 Å². The summed E-state index contributed by atoms with van der Waals surface area (Å²) in [6, 6.07) is 4.88. The quantitative estimate of drug-likeness (QED) is 0.294. The average molecular weight is 538 g/mol. The fourth-order valence-electron chi connectivity index (χ4n) is 2.76. The maximum atomic E-state index is 13.0. The summed E-state index contributed by atoms with van der Waals surface area (Å²) >= 11 is 1.29.